The number of fused-ring (bicyclic) bond motifs is 1. The fraction of sp³-hybridized carbons (Fsp3) is 0.444. The summed E-state index contributed by atoms with van der Waals surface area (Å²) < 4.78 is 0. The van der Waals surface area contributed by atoms with Gasteiger partial charge in [0.2, 0.25) is 0 Å². The van der Waals surface area contributed by atoms with Gasteiger partial charge in [0.25, 0.3) is 11.1 Å². The molecule has 1 atom stereocenters. The second-order valence-electron chi connectivity index (χ2n) is 7.15. The highest BCUT2D eigenvalue weighted by Crippen LogP contribution is 2.45. The minimum absolute atomic E-state index is 0.0716. The molecule has 0 aromatic heterocycles. The number of amides is 2. The zero-order valence-corrected chi connectivity index (χ0v) is 16.1. The summed E-state index contributed by atoms with van der Waals surface area (Å²) in [4.78, 5) is 27.5. The molecule has 4 nitrogen and oxygen atoms in total. The molecule has 128 valence electrons. The van der Waals surface area contributed by atoms with Crippen LogP contribution in [0.25, 0.3) is 6.08 Å². The lowest BCUT2D eigenvalue weighted by atomic mass is 9.80. The Bertz CT molecular complexity index is 773. The molecule has 0 bridgehead atoms. The molecule has 0 N–H and O–H groups in total. The summed E-state index contributed by atoms with van der Waals surface area (Å²) in [7, 11) is 3.58. The topological polar surface area (TPSA) is 40.6 Å². The third-order valence-electron chi connectivity index (χ3n) is 5.03. The van der Waals surface area contributed by atoms with Crippen molar-refractivity contribution in [3.8, 4) is 0 Å². The van der Waals surface area contributed by atoms with Crippen LogP contribution in [0.4, 0.5) is 10.5 Å². The summed E-state index contributed by atoms with van der Waals surface area (Å²) in [5.41, 5.74) is 3.21. The molecule has 2 aliphatic heterocycles. The second-order valence-corrected chi connectivity index (χ2v) is 8.55. The van der Waals surface area contributed by atoms with Crippen molar-refractivity contribution in [2.75, 3.05) is 19.0 Å². The van der Waals surface area contributed by atoms with Crippen molar-refractivity contribution in [2.24, 2.45) is 0 Å². The van der Waals surface area contributed by atoms with Crippen molar-refractivity contribution >= 4 is 46.3 Å². The van der Waals surface area contributed by atoms with Gasteiger partial charge in [-0.3, -0.25) is 14.5 Å². The molecule has 1 saturated heterocycles. The van der Waals surface area contributed by atoms with Gasteiger partial charge < -0.3 is 4.90 Å². The van der Waals surface area contributed by atoms with Gasteiger partial charge in [0.1, 0.15) is 0 Å². The first-order valence-corrected chi connectivity index (χ1v) is 9.10. The Morgan fingerprint density at radius 1 is 1.29 bits per heavy atom. The molecular weight excluding hydrogens is 344 g/mol. The zero-order chi connectivity index (χ0) is 17.8. The van der Waals surface area contributed by atoms with E-state index in [0.29, 0.717) is 15.8 Å². The molecule has 2 aliphatic rings. The summed E-state index contributed by atoms with van der Waals surface area (Å²) in [6.45, 7) is 6.67. The number of thioether (sulfide) groups is 1. The van der Waals surface area contributed by atoms with Crippen LogP contribution >= 0.6 is 23.4 Å². The summed E-state index contributed by atoms with van der Waals surface area (Å²) in [5, 5.41) is 0.337. The van der Waals surface area contributed by atoms with Crippen molar-refractivity contribution in [3.63, 3.8) is 0 Å². The number of imide groups is 1. The Balaban J connectivity index is 2.06. The molecule has 0 saturated carbocycles. The maximum Gasteiger partial charge on any atom is 0.293 e. The third-order valence-corrected chi connectivity index (χ3v) is 6.31. The first kappa shape index (κ1) is 17.4. The van der Waals surface area contributed by atoms with E-state index < -0.39 is 0 Å². The van der Waals surface area contributed by atoms with E-state index in [0.717, 1.165) is 34.3 Å². The average molecular weight is 365 g/mol. The van der Waals surface area contributed by atoms with Crippen LogP contribution in [0.15, 0.2) is 17.0 Å². The number of halogens is 1. The van der Waals surface area contributed by atoms with Crippen LogP contribution in [0.5, 0.6) is 0 Å². The number of hydrogen-bond acceptors (Lipinski definition) is 4. The fourth-order valence-corrected chi connectivity index (χ4v) is 4.43. The normalized spacial score (nSPS) is 24.8. The van der Waals surface area contributed by atoms with Gasteiger partial charge in [0, 0.05) is 30.3 Å². The van der Waals surface area contributed by atoms with E-state index in [9.17, 15) is 9.59 Å². The number of benzene rings is 1. The van der Waals surface area contributed by atoms with E-state index in [2.05, 4.69) is 38.8 Å². The molecule has 1 aromatic carbocycles. The molecule has 0 spiro atoms. The molecule has 1 fully saturated rings. The standard InChI is InChI=1S/C18H21ClN2O2S/c1-10-9-18(2,3)21(5)14-8-13(19)11(6-12(10)14)7-15-16(22)20(4)17(23)24-15/h6-8,10H,9H2,1-5H3/b15-7-. The molecule has 2 amide bonds. The zero-order valence-electron chi connectivity index (χ0n) is 14.5. The number of carbonyl (C=O) groups is 2. The average Bonchev–Trinajstić information content (AvgIpc) is 2.73. The molecule has 1 unspecified atom stereocenters. The first-order valence-electron chi connectivity index (χ1n) is 7.90. The van der Waals surface area contributed by atoms with Crippen LogP contribution in [0.3, 0.4) is 0 Å². The molecule has 0 radical (unpaired) electrons. The number of carbonyl (C=O) groups excluding carboxylic acids is 2. The van der Waals surface area contributed by atoms with E-state index in [1.165, 1.54) is 12.6 Å². The van der Waals surface area contributed by atoms with Crippen LogP contribution < -0.4 is 4.90 Å². The Morgan fingerprint density at radius 2 is 1.96 bits per heavy atom. The van der Waals surface area contributed by atoms with Gasteiger partial charge in [-0.15, -0.1) is 0 Å². The van der Waals surface area contributed by atoms with Gasteiger partial charge in [0.05, 0.1) is 4.91 Å². The summed E-state index contributed by atoms with van der Waals surface area (Å²) in [6.07, 6.45) is 2.77. The number of rotatable bonds is 1. The predicted octanol–water partition coefficient (Wildman–Crippen LogP) is 4.73. The monoisotopic (exact) mass is 364 g/mol. The van der Waals surface area contributed by atoms with E-state index >= 15 is 0 Å². The van der Waals surface area contributed by atoms with Crippen molar-refractivity contribution in [2.45, 2.75) is 38.6 Å². The minimum atomic E-state index is -0.273. The van der Waals surface area contributed by atoms with E-state index in [1.54, 1.807) is 6.08 Å². The van der Waals surface area contributed by atoms with Crippen molar-refractivity contribution in [3.05, 3.63) is 33.2 Å². The summed E-state index contributed by atoms with van der Waals surface area (Å²) in [5.74, 6) is 0.127. The van der Waals surface area contributed by atoms with Crippen LogP contribution in [-0.2, 0) is 4.79 Å². The lowest BCUT2D eigenvalue weighted by Gasteiger charge is -2.45. The summed E-state index contributed by atoms with van der Waals surface area (Å²) in [6, 6.07) is 4.02. The van der Waals surface area contributed by atoms with Crippen LogP contribution in [0.1, 0.15) is 44.2 Å². The highest BCUT2D eigenvalue weighted by molar-refractivity contribution is 8.18. The molecule has 3 rings (SSSR count). The Morgan fingerprint density at radius 3 is 2.54 bits per heavy atom. The quantitative estimate of drug-likeness (QED) is 0.675. The first-order chi connectivity index (χ1) is 11.1. The Labute approximate surface area is 151 Å². The number of likely N-dealkylation sites (N-methyl/N-ethyl adjacent to an activating group) is 1. The molecule has 1 aromatic rings. The lowest BCUT2D eigenvalue weighted by molar-refractivity contribution is -0.121. The third kappa shape index (κ3) is 2.74. The number of anilines is 1. The van der Waals surface area contributed by atoms with E-state index in [1.807, 2.05) is 6.07 Å². The van der Waals surface area contributed by atoms with Crippen molar-refractivity contribution in [1.82, 2.24) is 4.90 Å². The number of nitrogens with zero attached hydrogens (tertiary/aromatic N) is 2. The fourth-order valence-electron chi connectivity index (χ4n) is 3.40. The number of hydrogen-bond donors (Lipinski definition) is 0. The minimum Gasteiger partial charge on any atom is -0.369 e. The van der Waals surface area contributed by atoms with Crippen molar-refractivity contribution in [1.29, 1.82) is 0 Å². The van der Waals surface area contributed by atoms with Gasteiger partial charge in [-0.1, -0.05) is 18.5 Å². The van der Waals surface area contributed by atoms with E-state index in [-0.39, 0.29) is 16.7 Å². The Kier molecular flexibility index (Phi) is 4.21. The van der Waals surface area contributed by atoms with Crippen LogP contribution in [-0.4, -0.2) is 35.7 Å². The molecule has 6 heteroatoms. The highest BCUT2D eigenvalue weighted by Gasteiger charge is 2.35. The van der Waals surface area contributed by atoms with E-state index in [4.69, 9.17) is 11.6 Å². The molecule has 24 heavy (non-hydrogen) atoms. The van der Waals surface area contributed by atoms with Gasteiger partial charge in [-0.2, -0.15) is 0 Å². The smallest absolute Gasteiger partial charge is 0.293 e. The molecule has 0 aliphatic carbocycles. The van der Waals surface area contributed by atoms with Crippen LogP contribution in [0, 0.1) is 0 Å². The Hall–Kier alpha value is -1.46. The SMILES string of the molecule is CC1CC(C)(C)N(C)c2cc(Cl)c(/C=C3\SC(=O)N(C)C3=O)cc21. The maximum absolute atomic E-state index is 12.1. The van der Waals surface area contributed by atoms with Gasteiger partial charge in [0.15, 0.2) is 0 Å². The van der Waals surface area contributed by atoms with Crippen molar-refractivity contribution < 1.29 is 9.59 Å². The lowest BCUT2D eigenvalue weighted by Crippen LogP contribution is -2.45. The maximum atomic E-state index is 12.1. The van der Waals surface area contributed by atoms with Crippen LogP contribution in [0.2, 0.25) is 5.02 Å². The second kappa shape index (κ2) is 5.81. The van der Waals surface area contributed by atoms with Gasteiger partial charge in [-0.05, 0) is 67.3 Å². The summed E-state index contributed by atoms with van der Waals surface area (Å²) >= 11 is 7.43. The molecular formula is C18H21ClN2O2S. The van der Waals surface area contributed by atoms with Gasteiger partial charge in [-0.25, -0.2) is 0 Å². The largest absolute Gasteiger partial charge is 0.369 e. The molecule has 2 heterocycles. The predicted molar refractivity (Wildman–Crippen MR) is 101 cm³/mol. The highest BCUT2D eigenvalue weighted by atomic mass is 35.5. The van der Waals surface area contributed by atoms with Gasteiger partial charge >= 0.3 is 0 Å².